The van der Waals surface area contributed by atoms with Gasteiger partial charge in [-0.15, -0.1) is 0 Å². The molecule has 1 aromatic heterocycles. The summed E-state index contributed by atoms with van der Waals surface area (Å²) in [6.45, 7) is 2.37. The number of nitrogens with one attached hydrogen (secondary N) is 2. The molecule has 2 aromatic carbocycles. The highest BCUT2D eigenvalue weighted by Crippen LogP contribution is 2.32. The Kier molecular flexibility index (Phi) is 6.58. The van der Waals surface area contributed by atoms with Crippen LogP contribution in [0.25, 0.3) is 11.3 Å². The summed E-state index contributed by atoms with van der Waals surface area (Å²) in [5, 5.41) is 6.23. The summed E-state index contributed by atoms with van der Waals surface area (Å²) >= 11 is 0. The maximum atomic E-state index is 12.5. The number of benzene rings is 2. The molecule has 3 aromatic rings. The number of amides is 1. The lowest BCUT2D eigenvalue weighted by atomic mass is 10.1. The van der Waals surface area contributed by atoms with Crippen molar-refractivity contribution in [1.82, 2.24) is 15.3 Å². The molecule has 1 saturated carbocycles. The first kappa shape index (κ1) is 22.2. The summed E-state index contributed by atoms with van der Waals surface area (Å²) < 4.78 is 12.0. The molecule has 8 heteroatoms. The Hall–Kier alpha value is -3.65. The lowest BCUT2D eigenvalue weighted by Gasteiger charge is -2.14. The van der Waals surface area contributed by atoms with Gasteiger partial charge in [-0.3, -0.25) is 4.79 Å². The van der Waals surface area contributed by atoms with E-state index in [4.69, 9.17) is 15.2 Å². The average molecular weight is 460 g/mol. The molecule has 0 unspecified atom stereocenters. The third-order valence-corrected chi connectivity index (χ3v) is 5.99. The van der Waals surface area contributed by atoms with Crippen molar-refractivity contribution in [2.45, 2.75) is 32.3 Å². The summed E-state index contributed by atoms with van der Waals surface area (Å²) in [6.07, 6.45) is 5.83. The molecule has 1 fully saturated rings. The fourth-order valence-electron chi connectivity index (χ4n) is 3.85. The minimum absolute atomic E-state index is 0.143. The largest absolute Gasteiger partial charge is 0.493 e. The van der Waals surface area contributed by atoms with Crippen molar-refractivity contribution in [3.05, 3.63) is 59.8 Å². The highest BCUT2D eigenvalue weighted by molar-refractivity contribution is 5.96. The van der Waals surface area contributed by atoms with Crippen LogP contribution in [0.15, 0.2) is 48.7 Å². The number of hydrogen-bond donors (Lipinski definition) is 3. The van der Waals surface area contributed by atoms with Gasteiger partial charge >= 0.3 is 0 Å². The molecule has 176 valence electrons. The number of nitrogens with two attached hydrogens (primary N) is 1. The zero-order chi connectivity index (χ0) is 23.3. The van der Waals surface area contributed by atoms with Gasteiger partial charge in [0.2, 0.25) is 5.95 Å². The van der Waals surface area contributed by atoms with Gasteiger partial charge in [0.15, 0.2) is 0 Å². The summed E-state index contributed by atoms with van der Waals surface area (Å²) in [4.78, 5) is 21.5. The molecule has 0 spiro atoms. The number of aromatic nitrogens is 2. The van der Waals surface area contributed by atoms with Crippen LogP contribution in [0, 0.1) is 5.92 Å². The van der Waals surface area contributed by atoms with Gasteiger partial charge in [0.05, 0.1) is 18.9 Å². The highest BCUT2D eigenvalue weighted by atomic mass is 16.5. The van der Waals surface area contributed by atoms with E-state index in [0.717, 1.165) is 42.0 Å². The molecular weight excluding hydrogens is 430 g/mol. The predicted molar refractivity (Wildman–Crippen MR) is 131 cm³/mol. The van der Waals surface area contributed by atoms with Crippen LogP contribution >= 0.6 is 0 Å². The molecule has 3 aliphatic rings. The monoisotopic (exact) mass is 459 g/mol. The van der Waals surface area contributed by atoms with Gasteiger partial charge in [0, 0.05) is 47.4 Å². The van der Waals surface area contributed by atoms with Crippen LogP contribution in [-0.4, -0.2) is 35.6 Å². The Morgan fingerprint density at radius 3 is 2.88 bits per heavy atom. The van der Waals surface area contributed by atoms with E-state index in [1.165, 1.54) is 12.8 Å². The SMILES string of the molecule is Nc1cc2ccc1-c1ccnc(n1)Nc1ccc(OCC3CC3)c(c1)COCCCCNC2=O. The Labute approximate surface area is 198 Å². The van der Waals surface area contributed by atoms with E-state index in [0.29, 0.717) is 48.6 Å². The first-order valence-electron chi connectivity index (χ1n) is 11.8. The second kappa shape index (κ2) is 10.1. The molecule has 34 heavy (non-hydrogen) atoms. The van der Waals surface area contributed by atoms with Crippen molar-refractivity contribution in [3.8, 4) is 17.0 Å². The molecule has 0 radical (unpaired) electrons. The van der Waals surface area contributed by atoms with Crippen LogP contribution in [0.5, 0.6) is 5.75 Å². The molecule has 1 aliphatic carbocycles. The second-order valence-corrected chi connectivity index (χ2v) is 8.78. The number of rotatable bonds is 3. The van der Waals surface area contributed by atoms with Crippen LogP contribution in [0.4, 0.5) is 17.3 Å². The van der Waals surface area contributed by atoms with Gasteiger partial charge in [0.1, 0.15) is 5.75 Å². The predicted octanol–water partition coefficient (Wildman–Crippen LogP) is 4.30. The maximum Gasteiger partial charge on any atom is 0.251 e. The number of carbonyl (C=O) groups excluding carboxylic acids is 1. The van der Waals surface area contributed by atoms with Crippen molar-refractivity contribution < 1.29 is 14.3 Å². The van der Waals surface area contributed by atoms with E-state index < -0.39 is 0 Å². The Morgan fingerprint density at radius 1 is 1.12 bits per heavy atom. The molecule has 4 N–H and O–H groups in total. The van der Waals surface area contributed by atoms with E-state index in [2.05, 4.69) is 20.6 Å². The Bertz CT molecular complexity index is 1180. The number of ether oxygens (including phenoxy) is 2. The first-order chi connectivity index (χ1) is 16.7. The van der Waals surface area contributed by atoms with Crippen molar-refractivity contribution in [1.29, 1.82) is 0 Å². The quantitative estimate of drug-likeness (QED) is 0.501. The third-order valence-electron chi connectivity index (χ3n) is 5.99. The lowest BCUT2D eigenvalue weighted by molar-refractivity contribution is 0.0945. The van der Waals surface area contributed by atoms with E-state index in [1.54, 1.807) is 24.4 Å². The number of nitrogen functional groups attached to an aromatic ring is 1. The van der Waals surface area contributed by atoms with Gasteiger partial charge < -0.3 is 25.8 Å². The summed E-state index contributed by atoms with van der Waals surface area (Å²) in [5.41, 5.74) is 10.5. The molecule has 6 rings (SSSR count). The molecule has 0 saturated heterocycles. The van der Waals surface area contributed by atoms with Crippen molar-refractivity contribution in [2.75, 3.05) is 30.8 Å². The van der Waals surface area contributed by atoms with Crippen molar-refractivity contribution >= 4 is 23.2 Å². The molecular formula is C26H29N5O3. The molecule has 8 nitrogen and oxygen atoms in total. The number of anilines is 3. The number of hydrogen-bond acceptors (Lipinski definition) is 7. The molecule has 0 atom stereocenters. The van der Waals surface area contributed by atoms with Crippen LogP contribution in [0.1, 0.15) is 41.6 Å². The summed E-state index contributed by atoms with van der Waals surface area (Å²) in [7, 11) is 0. The molecule has 3 heterocycles. The molecule has 2 aliphatic heterocycles. The van der Waals surface area contributed by atoms with Crippen molar-refractivity contribution in [3.63, 3.8) is 0 Å². The molecule has 1 amide bonds. The third kappa shape index (κ3) is 5.46. The van der Waals surface area contributed by atoms with E-state index in [-0.39, 0.29) is 5.91 Å². The fourth-order valence-corrected chi connectivity index (χ4v) is 3.85. The topological polar surface area (TPSA) is 111 Å². The van der Waals surface area contributed by atoms with Crippen LogP contribution in [0.3, 0.4) is 0 Å². The van der Waals surface area contributed by atoms with Gasteiger partial charge in [-0.1, -0.05) is 0 Å². The Balaban J connectivity index is 1.44. The van der Waals surface area contributed by atoms with E-state index in [9.17, 15) is 4.79 Å². The minimum atomic E-state index is -0.143. The van der Waals surface area contributed by atoms with Crippen LogP contribution < -0.4 is 21.1 Å². The van der Waals surface area contributed by atoms with Gasteiger partial charge in [-0.2, -0.15) is 0 Å². The zero-order valence-corrected chi connectivity index (χ0v) is 19.0. The zero-order valence-electron chi connectivity index (χ0n) is 19.0. The first-order valence-corrected chi connectivity index (χ1v) is 11.8. The maximum absolute atomic E-state index is 12.5. The number of nitrogens with zero attached hydrogens (tertiary/aromatic N) is 2. The molecule has 6 bridgehead atoms. The lowest BCUT2D eigenvalue weighted by Crippen LogP contribution is -2.24. The highest BCUT2D eigenvalue weighted by Gasteiger charge is 2.22. The normalized spacial score (nSPS) is 16.5. The summed E-state index contributed by atoms with van der Waals surface area (Å²) in [5.74, 6) is 1.82. The average Bonchev–Trinajstić information content (AvgIpc) is 3.67. The summed E-state index contributed by atoms with van der Waals surface area (Å²) in [6, 6.07) is 13.0. The van der Waals surface area contributed by atoms with Crippen LogP contribution in [-0.2, 0) is 11.3 Å². The van der Waals surface area contributed by atoms with Crippen molar-refractivity contribution in [2.24, 2.45) is 5.92 Å². The van der Waals surface area contributed by atoms with Crippen LogP contribution in [0.2, 0.25) is 0 Å². The van der Waals surface area contributed by atoms with E-state index in [1.807, 2.05) is 24.3 Å². The van der Waals surface area contributed by atoms with Gasteiger partial charge in [-0.25, -0.2) is 9.97 Å². The smallest absolute Gasteiger partial charge is 0.251 e. The Morgan fingerprint density at radius 2 is 2.03 bits per heavy atom. The van der Waals surface area contributed by atoms with E-state index >= 15 is 0 Å². The fraction of sp³-hybridized carbons (Fsp3) is 0.346. The number of carbonyl (C=O) groups is 1. The second-order valence-electron chi connectivity index (χ2n) is 8.78. The van der Waals surface area contributed by atoms with Gasteiger partial charge in [0.25, 0.3) is 5.91 Å². The standard InChI is InChI=1S/C26H29N5O3/c27-22-14-18-5-7-21(22)23-9-11-29-26(31-23)30-20-6-8-24(34-15-17-3-4-17)19(13-20)16-33-12-2-1-10-28-25(18)32/h5-9,11,13-14,17H,1-4,10,12,15-16,27H2,(H,28,32)(H,29,30,31). The van der Waals surface area contributed by atoms with Gasteiger partial charge in [-0.05, 0) is 74.1 Å². The minimum Gasteiger partial charge on any atom is -0.493 e. The number of fused-ring (bicyclic) bond motifs is 9.